The summed E-state index contributed by atoms with van der Waals surface area (Å²) in [5, 5.41) is 7.10. The molecule has 0 saturated carbocycles. The van der Waals surface area contributed by atoms with Gasteiger partial charge in [0.1, 0.15) is 0 Å². The smallest absolute Gasteiger partial charge is 0.314 e. The van der Waals surface area contributed by atoms with Gasteiger partial charge in [0.2, 0.25) is 0 Å². The van der Waals surface area contributed by atoms with Crippen molar-refractivity contribution in [1.82, 2.24) is 15.6 Å². The van der Waals surface area contributed by atoms with Crippen molar-refractivity contribution < 1.29 is 4.79 Å². The van der Waals surface area contributed by atoms with Gasteiger partial charge in [0.15, 0.2) is 0 Å². The summed E-state index contributed by atoms with van der Waals surface area (Å²) in [5.41, 5.74) is 3.63. The zero-order valence-electron chi connectivity index (χ0n) is 13.8. The Kier molecular flexibility index (Phi) is 5.87. The Morgan fingerprint density at radius 2 is 1.91 bits per heavy atom. The van der Waals surface area contributed by atoms with Gasteiger partial charge in [-0.2, -0.15) is 0 Å². The molecule has 1 aromatic heterocycles. The fourth-order valence-corrected chi connectivity index (χ4v) is 2.73. The lowest BCUT2D eigenvalue weighted by molar-refractivity contribution is 0.240. The SMILES string of the molecule is Cc1[nH]c2ccccc2c1CCNC(=O)NCCCC(C)C. The molecule has 1 heterocycles. The first-order chi connectivity index (χ1) is 10.6. The second-order valence-corrected chi connectivity index (χ2v) is 6.24. The summed E-state index contributed by atoms with van der Waals surface area (Å²) in [7, 11) is 0. The van der Waals surface area contributed by atoms with E-state index >= 15 is 0 Å². The van der Waals surface area contributed by atoms with Crippen LogP contribution in [0, 0.1) is 12.8 Å². The number of aryl methyl sites for hydroxylation is 1. The third-order valence-corrected chi connectivity index (χ3v) is 3.93. The summed E-state index contributed by atoms with van der Waals surface area (Å²) in [4.78, 5) is 15.1. The molecule has 1 aromatic carbocycles. The van der Waals surface area contributed by atoms with E-state index in [2.05, 4.69) is 48.5 Å². The first-order valence-corrected chi connectivity index (χ1v) is 8.16. The lowest BCUT2D eigenvalue weighted by Crippen LogP contribution is -2.37. The molecule has 2 aromatic rings. The third-order valence-electron chi connectivity index (χ3n) is 3.93. The molecule has 0 aliphatic carbocycles. The molecule has 120 valence electrons. The predicted octanol–water partition coefficient (Wildman–Crippen LogP) is 3.75. The van der Waals surface area contributed by atoms with Crippen LogP contribution in [0.5, 0.6) is 0 Å². The van der Waals surface area contributed by atoms with Gasteiger partial charge in [-0.15, -0.1) is 0 Å². The topological polar surface area (TPSA) is 56.9 Å². The summed E-state index contributed by atoms with van der Waals surface area (Å²) in [6, 6.07) is 8.22. The van der Waals surface area contributed by atoms with Crippen LogP contribution in [0.4, 0.5) is 4.79 Å². The van der Waals surface area contributed by atoms with Gasteiger partial charge >= 0.3 is 6.03 Å². The van der Waals surface area contributed by atoms with E-state index in [1.165, 1.54) is 16.6 Å². The van der Waals surface area contributed by atoms with E-state index in [0.29, 0.717) is 12.5 Å². The fraction of sp³-hybridized carbons (Fsp3) is 0.500. The van der Waals surface area contributed by atoms with Crippen molar-refractivity contribution in [3.63, 3.8) is 0 Å². The van der Waals surface area contributed by atoms with Crippen molar-refractivity contribution in [2.75, 3.05) is 13.1 Å². The van der Waals surface area contributed by atoms with Gasteiger partial charge in [-0.1, -0.05) is 32.0 Å². The number of carbonyl (C=O) groups excluding carboxylic acids is 1. The molecule has 0 radical (unpaired) electrons. The van der Waals surface area contributed by atoms with E-state index < -0.39 is 0 Å². The van der Waals surface area contributed by atoms with Crippen LogP contribution >= 0.6 is 0 Å². The molecule has 0 unspecified atom stereocenters. The van der Waals surface area contributed by atoms with Gasteiger partial charge in [-0.25, -0.2) is 4.79 Å². The van der Waals surface area contributed by atoms with Crippen molar-refractivity contribution in [2.45, 2.75) is 40.0 Å². The van der Waals surface area contributed by atoms with E-state index in [0.717, 1.165) is 31.3 Å². The number of nitrogens with one attached hydrogen (secondary N) is 3. The normalized spacial score (nSPS) is 11.1. The standard InChI is InChI=1S/C18H27N3O/c1-13(2)7-6-11-19-18(22)20-12-10-15-14(3)21-17-9-5-4-8-16(15)17/h4-5,8-9,13,21H,6-7,10-12H2,1-3H3,(H2,19,20,22). The van der Waals surface area contributed by atoms with Crippen molar-refractivity contribution in [2.24, 2.45) is 5.92 Å². The van der Waals surface area contributed by atoms with Gasteiger partial charge < -0.3 is 15.6 Å². The summed E-state index contributed by atoms with van der Waals surface area (Å²) in [6.07, 6.45) is 3.02. The van der Waals surface area contributed by atoms with Crippen molar-refractivity contribution in [1.29, 1.82) is 0 Å². The number of fused-ring (bicyclic) bond motifs is 1. The van der Waals surface area contributed by atoms with E-state index in [9.17, 15) is 4.79 Å². The molecule has 0 fully saturated rings. The van der Waals surface area contributed by atoms with Crippen LogP contribution in [-0.4, -0.2) is 24.1 Å². The number of rotatable bonds is 7. The van der Waals surface area contributed by atoms with Gasteiger partial charge in [0, 0.05) is 29.7 Å². The van der Waals surface area contributed by atoms with Crippen LogP contribution in [0.15, 0.2) is 24.3 Å². The molecule has 22 heavy (non-hydrogen) atoms. The summed E-state index contributed by atoms with van der Waals surface area (Å²) in [6.45, 7) is 7.88. The Labute approximate surface area is 132 Å². The number of aromatic amines is 1. The van der Waals surface area contributed by atoms with Gasteiger partial charge in [0.25, 0.3) is 0 Å². The van der Waals surface area contributed by atoms with Crippen LogP contribution in [0.1, 0.15) is 37.9 Å². The Hall–Kier alpha value is -1.97. The van der Waals surface area contributed by atoms with Crippen LogP contribution in [-0.2, 0) is 6.42 Å². The van der Waals surface area contributed by atoms with Crippen molar-refractivity contribution >= 4 is 16.9 Å². The van der Waals surface area contributed by atoms with Crippen LogP contribution in [0.3, 0.4) is 0 Å². The number of carbonyl (C=O) groups is 1. The Morgan fingerprint density at radius 1 is 1.18 bits per heavy atom. The zero-order valence-corrected chi connectivity index (χ0v) is 13.8. The highest BCUT2D eigenvalue weighted by atomic mass is 16.2. The summed E-state index contributed by atoms with van der Waals surface area (Å²) >= 11 is 0. The molecule has 0 spiro atoms. The van der Waals surface area contributed by atoms with E-state index in [4.69, 9.17) is 0 Å². The predicted molar refractivity (Wildman–Crippen MR) is 92.2 cm³/mol. The lowest BCUT2D eigenvalue weighted by Gasteiger charge is -2.09. The molecule has 2 amide bonds. The molecule has 0 aliphatic heterocycles. The first kappa shape index (κ1) is 16.4. The van der Waals surface area contributed by atoms with E-state index in [1.54, 1.807) is 0 Å². The van der Waals surface area contributed by atoms with E-state index in [-0.39, 0.29) is 6.03 Å². The summed E-state index contributed by atoms with van der Waals surface area (Å²) < 4.78 is 0. The Balaban J connectivity index is 1.76. The number of benzene rings is 1. The molecular formula is C18H27N3O. The van der Waals surface area contributed by atoms with Crippen LogP contribution in [0.25, 0.3) is 10.9 Å². The maximum Gasteiger partial charge on any atom is 0.314 e. The van der Waals surface area contributed by atoms with Crippen molar-refractivity contribution in [3.8, 4) is 0 Å². The number of H-pyrrole nitrogens is 1. The first-order valence-electron chi connectivity index (χ1n) is 8.16. The quantitative estimate of drug-likeness (QED) is 0.670. The average molecular weight is 301 g/mol. The minimum atomic E-state index is -0.0683. The molecule has 3 N–H and O–H groups in total. The number of amides is 2. The minimum Gasteiger partial charge on any atom is -0.358 e. The lowest BCUT2D eigenvalue weighted by atomic mass is 10.1. The Bertz CT molecular complexity index is 616. The number of hydrogen-bond donors (Lipinski definition) is 3. The van der Waals surface area contributed by atoms with Gasteiger partial charge in [0.05, 0.1) is 0 Å². The highest BCUT2D eigenvalue weighted by Gasteiger charge is 2.08. The molecule has 0 atom stereocenters. The number of urea groups is 1. The van der Waals surface area contributed by atoms with Gasteiger partial charge in [-0.05, 0) is 43.7 Å². The molecule has 0 aliphatic rings. The van der Waals surface area contributed by atoms with Crippen molar-refractivity contribution in [3.05, 3.63) is 35.5 Å². The fourth-order valence-electron chi connectivity index (χ4n) is 2.73. The highest BCUT2D eigenvalue weighted by Crippen LogP contribution is 2.21. The Morgan fingerprint density at radius 3 is 2.68 bits per heavy atom. The van der Waals surface area contributed by atoms with Crippen LogP contribution < -0.4 is 10.6 Å². The molecule has 4 heteroatoms. The number of para-hydroxylation sites is 1. The third kappa shape index (κ3) is 4.52. The minimum absolute atomic E-state index is 0.0683. The molecule has 0 bridgehead atoms. The molecule has 2 rings (SSSR count). The molecular weight excluding hydrogens is 274 g/mol. The van der Waals surface area contributed by atoms with Crippen LogP contribution in [0.2, 0.25) is 0 Å². The zero-order chi connectivity index (χ0) is 15.9. The maximum absolute atomic E-state index is 11.7. The largest absolute Gasteiger partial charge is 0.358 e. The summed E-state index contributed by atoms with van der Waals surface area (Å²) in [5.74, 6) is 0.690. The monoisotopic (exact) mass is 301 g/mol. The molecule has 4 nitrogen and oxygen atoms in total. The van der Waals surface area contributed by atoms with Gasteiger partial charge in [-0.3, -0.25) is 0 Å². The maximum atomic E-state index is 11.7. The highest BCUT2D eigenvalue weighted by molar-refractivity contribution is 5.84. The average Bonchev–Trinajstić information content (AvgIpc) is 2.80. The van der Waals surface area contributed by atoms with E-state index in [1.807, 2.05) is 12.1 Å². The molecule has 0 saturated heterocycles. The number of aromatic nitrogens is 1. The second kappa shape index (κ2) is 7.87. The second-order valence-electron chi connectivity index (χ2n) is 6.24. The number of hydrogen-bond acceptors (Lipinski definition) is 1.